The number of hydrogen-bond acceptors (Lipinski definition) is 6. The van der Waals surface area contributed by atoms with Crippen molar-refractivity contribution in [3.63, 3.8) is 0 Å². The van der Waals surface area contributed by atoms with E-state index in [1.54, 1.807) is 0 Å². The molecule has 2 N–H and O–H groups in total. The van der Waals surface area contributed by atoms with Gasteiger partial charge in [0.25, 0.3) is 0 Å². The smallest absolute Gasteiger partial charge is 0.181 e. The first kappa shape index (κ1) is 13.6. The van der Waals surface area contributed by atoms with Crippen molar-refractivity contribution in [2.24, 2.45) is 0 Å². The van der Waals surface area contributed by atoms with Crippen LogP contribution in [0.2, 0.25) is 5.15 Å². The van der Waals surface area contributed by atoms with Crippen LogP contribution in [-0.4, -0.2) is 54.2 Å². The summed E-state index contributed by atoms with van der Waals surface area (Å²) in [6.45, 7) is 0.714. The summed E-state index contributed by atoms with van der Waals surface area (Å²) in [5.74, 6) is 0. The molecule has 3 heterocycles. The second-order valence-corrected chi connectivity index (χ2v) is 5.15. The van der Waals surface area contributed by atoms with Crippen molar-refractivity contribution in [1.82, 2.24) is 19.5 Å². The lowest BCUT2D eigenvalue weighted by atomic mass is 9.99. The van der Waals surface area contributed by atoms with E-state index in [1.807, 2.05) is 0 Å². The van der Waals surface area contributed by atoms with E-state index in [0.717, 1.165) is 0 Å². The molecule has 2 aromatic rings. The summed E-state index contributed by atoms with van der Waals surface area (Å²) in [5.41, 5.74) is -1.49. The zero-order chi connectivity index (χ0) is 14.5. The SMILES string of the molecule is C[C@]1(F)C(O)[C@@H](CO)O[C@H]1n1cnc2c(Cl)ncnc21. The van der Waals surface area contributed by atoms with E-state index >= 15 is 0 Å². The molecule has 0 saturated carbocycles. The van der Waals surface area contributed by atoms with E-state index in [1.165, 1.54) is 24.1 Å². The van der Waals surface area contributed by atoms with Gasteiger partial charge in [0, 0.05) is 0 Å². The molecule has 0 aromatic carbocycles. The Bertz CT molecular complexity index is 650. The highest BCUT2D eigenvalue weighted by Gasteiger charge is 2.55. The quantitative estimate of drug-likeness (QED) is 0.783. The third-order valence-electron chi connectivity index (χ3n) is 3.46. The summed E-state index contributed by atoms with van der Waals surface area (Å²) < 4.78 is 21.4. The minimum Gasteiger partial charge on any atom is -0.394 e. The number of rotatable bonds is 2. The third kappa shape index (κ3) is 1.80. The molecule has 0 radical (unpaired) electrons. The topological polar surface area (TPSA) is 93.3 Å². The molecular weight excluding hydrogens is 291 g/mol. The molecule has 0 bridgehead atoms. The summed E-state index contributed by atoms with van der Waals surface area (Å²) in [6.07, 6.45) is -1.07. The number of aliphatic hydroxyl groups is 2. The van der Waals surface area contributed by atoms with Gasteiger partial charge in [-0.15, -0.1) is 0 Å². The number of aliphatic hydroxyl groups excluding tert-OH is 2. The molecule has 2 aromatic heterocycles. The molecule has 0 amide bonds. The molecule has 7 nitrogen and oxygen atoms in total. The van der Waals surface area contributed by atoms with E-state index in [0.29, 0.717) is 11.2 Å². The number of ether oxygens (including phenoxy) is 1. The Balaban J connectivity index is 2.10. The van der Waals surface area contributed by atoms with E-state index in [-0.39, 0.29) is 5.15 Å². The van der Waals surface area contributed by atoms with Crippen LogP contribution in [0.15, 0.2) is 12.7 Å². The van der Waals surface area contributed by atoms with E-state index in [4.69, 9.17) is 21.4 Å². The Morgan fingerprint density at radius 2 is 2.25 bits per heavy atom. The van der Waals surface area contributed by atoms with Crippen LogP contribution in [0.3, 0.4) is 0 Å². The number of nitrogens with zero attached hydrogens (tertiary/aromatic N) is 4. The van der Waals surface area contributed by atoms with Crippen molar-refractivity contribution in [2.45, 2.75) is 31.0 Å². The zero-order valence-corrected chi connectivity index (χ0v) is 11.2. The van der Waals surface area contributed by atoms with Crippen LogP contribution in [0.5, 0.6) is 0 Å². The number of alkyl halides is 1. The molecule has 108 valence electrons. The van der Waals surface area contributed by atoms with Gasteiger partial charge >= 0.3 is 0 Å². The van der Waals surface area contributed by atoms with Crippen molar-refractivity contribution >= 4 is 22.8 Å². The molecule has 9 heteroatoms. The lowest BCUT2D eigenvalue weighted by molar-refractivity contribution is -0.0566. The molecule has 1 saturated heterocycles. The highest BCUT2D eigenvalue weighted by molar-refractivity contribution is 6.33. The lowest BCUT2D eigenvalue weighted by Crippen LogP contribution is -2.40. The summed E-state index contributed by atoms with van der Waals surface area (Å²) in [4.78, 5) is 11.8. The minimum atomic E-state index is -2.10. The van der Waals surface area contributed by atoms with Gasteiger partial charge in [0.05, 0.1) is 12.9 Å². The number of halogens is 2. The summed E-state index contributed by atoms with van der Waals surface area (Å²) >= 11 is 5.88. The van der Waals surface area contributed by atoms with E-state index in [2.05, 4.69) is 15.0 Å². The predicted molar refractivity (Wildman–Crippen MR) is 66.8 cm³/mol. The molecule has 1 aliphatic rings. The summed E-state index contributed by atoms with van der Waals surface area (Å²) in [6, 6.07) is 0. The number of hydrogen-bond donors (Lipinski definition) is 2. The van der Waals surface area contributed by atoms with Crippen LogP contribution in [-0.2, 0) is 4.74 Å². The Hall–Kier alpha value is -1.35. The van der Waals surface area contributed by atoms with Gasteiger partial charge in [0.2, 0.25) is 0 Å². The Morgan fingerprint density at radius 3 is 2.90 bits per heavy atom. The van der Waals surface area contributed by atoms with Gasteiger partial charge in [0.15, 0.2) is 22.7 Å². The van der Waals surface area contributed by atoms with E-state index < -0.39 is 30.7 Å². The van der Waals surface area contributed by atoms with Crippen LogP contribution in [0, 0.1) is 0 Å². The van der Waals surface area contributed by atoms with Gasteiger partial charge in [-0.25, -0.2) is 19.3 Å². The van der Waals surface area contributed by atoms with Gasteiger partial charge in [-0.3, -0.25) is 4.57 Å². The van der Waals surface area contributed by atoms with Crippen molar-refractivity contribution < 1.29 is 19.3 Å². The molecule has 3 rings (SSSR count). The monoisotopic (exact) mass is 302 g/mol. The molecule has 0 aliphatic carbocycles. The van der Waals surface area contributed by atoms with Crippen molar-refractivity contribution in [3.05, 3.63) is 17.8 Å². The first-order valence-electron chi connectivity index (χ1n) is 5.93. The van der Waals surface area contributed by atoms with Gasteiger partial charge in [-0.2, -0.15) is 0 Å². The highest BCUT2D eigenvalue weighted by atomic mass is 35.5. The fourth-order valence-corrected chi connectivity index (χ4v) is 2.53. The standard InChI is InChI=1S/C11H12ClFN4O3/c1-11(13)7(19)5(2-18)20-10(11)17-4-16-6-8(12)14-3-15-9(6)17/h3-5,7,10,18-19H,2H2,1H3/t5-,7?,10-,11+/m1/s1. The second-order valence-electron chi connectivity index (χ2n) is 4.79. The summed E-state index contributed by atoms with van der Waals surface area (Å²) in [5, 5.41) is 19.1. The van der Waals surface area contributed by atoms with Gasteiger partial charge in [-0.1, -0.05) is 11.6 Å². The van der Waals surface area contributed by atoms with Crippen LogP contribution in [0.4, 0.5) is 4.39 Å². The maximum absolute atomic E-state index is 14.7. The third-order valence-corrected chi connectivity index (χ3v) is 3.74. The average molecular weight is 303 g/mol. The normalized spacial score (nSPS) is 34.0. The number of imidazole rings is 1. The number of fused-ring (bicyclic) bond motifs is 1. The molecule has 1 fully saturated rings. The van der Waals surface area contributed by atoms with Crippen molar-refractivity contribution in [2.75, 3.05) is 6.61 Å². The van der Waals surface area contributed by atoms with Gasteiger partial charge < -0.3 is 14.9 Å². The summed E-state index contributed by atoms with van der Waals surface area (Å²) in [7, 11) is 0. The number of aromatic nitrogens is 4. The van der Waals surface area contributed by atoms with Gasteiger partial charge in [-0.05, 0) is 6.92 Å². The first-order valence-corrected chi connectivity index (χ1v) is 6.31. The van der Waals surface area contributed by atoms with E-state index in [9.17, 15) is 9.50 Å². The molecule has 1 unspecified atom stereocenters. The molecule has 4 atom stereocenters. The molecule has 0 spiro atoms. The van der Waals surface area contributed by atoms with Crippen molar-refractivity contribution in [3.8, 4) is 0 Å². The molecular formula is C11H12ClFN4O3. The molecule has 20 heavy (non-hydrogen) atoms. The maximum atomic E-state index is 14.7. The Labute approximate surface area is 118 Å². The average Bonchev–Trinajstić information content (AvgIpc) is 2.92. The maximum Gasteiger partial charge on any atom is 0.181 e. The van der Waals surface area contributed by atoms with Gasteiger partial charge in [0.1, 0.15) is 24.1 Å². The highest BCUT2D eigenvalue weighted by Crippen LogP contribution is 2.42. The fourth-order valence-electron chi connectivity index (χ4n) is 2.36. The second kappa shape index (κ2) is 4.59. The zero-order valence-electron chi connectivity index (χ0n) is 10.4. The van der Waals surface area contributed by atoms with Crippen molar-refractivity contribution in [1.29, 1.82) is 0 Å². The van der Waals surface area contributed by atoms with Crippen LogP contribution in [0.1, 0.15) is 13.2 Å². The Kier molecular flexibility index (Phi) is 3.13. The predicted octanol–water partition coefficient (Wildman–Crippen LogP) is 0.458. The lowest BCUT2D eigenvalue weighted by Gasteiger charge is -2.24. The Morgan fingerprint density at radius 1 is 1.50 bits per heavy atom. The van der Waals surface area contributed by atoms with Crippen LogP contribution < -0.4 is 0 Å². The first-order chi connectivity index (χ1) is 9.46. The molecule has 1 aliphatic heterocycles. The largest absolute Gasteiger partial charge is 0.394 e. The van der Waals surface area contributed by atoms with Crippen LogP contribution >= 0.6 is 11.6 Å². The fraction of sp³-hybridized carbons (Fsp3) is 0.545. The van der Waals surface area contributed by atoms with Crippen LogP contribution in [0.25, 0.3) is 11.2 Å². The minimum absolute atomic E-state index is 0.145.